The van der Waals surface area contributed by atoms with Gasteiger partial charge in [0, 0.05) is 32.7 Å². The number of benzene rings is 2. The Labute approximate surface area is 127 Å². The second-order valence-electron chi connectivity index (χ2n) is 3.50. The highest BCUT2D eigenvalue weighted by Crippen LogP contribution is 2.24. The van der Waals surface area contributed by atoms with Gasteiger partial charge in [-0.3, -0.25) is 0 Å². The molecule has 0 fully saturated rings. The van der Waals surface area contributed by atoms with Crippen LogP contribution in [-0.4, -0.2) is 11.5 Å². The van der Waals surface area contributed by atoms with Crippen molar-refractivity contribution in [3.8, 4) is 0 Å². The van der Waals surface area contributed by atoms with E-state index in [1.54, 1.807) is 11.8 Å². The first-order chi connectivity index (χ1) is 9.13. The first-order valence-corrected chi connectivity index (χ1v) is 7.98. The molecule has 0 nitrogen and oxygen atoms in total. The van der Waals surface area contributed by atoms with Crippen molar-refractivity contribution in [3.05, 3.63) is 58.6 Å². The molecule has 0 aliphatic carbocycles. The minimum absolute atomic E-state index is 0.207. The van der Waals surface area contributed by atoms with E-state index >= 15 is 0 Å². The molecular weight excluding hydrogens is 303 g/mol. The minimum Gasteiger partial charge on any atom is -0.125 e. The molecule has 0 saturated heterocycles. The summed E-state index contributed by atoms with van der Waals surface area (Å²) >= 11 is 14.9. The van der Waals surface area contributed by atoms with Crippen LogP contribution in [0.25, 0.3) is 0 Å². The Balaban J connectivity index is 1.82. The summed E-state index contributed by atoms with van der Waals surface area (Å²) in [6.45, 7) is 0. The Morgan fingerprint density at radius 1 is 0.778 bits per heavy atom. The number of halogens is 2. The molecule has 0 heterocycles. The van der Waals surface area contributed by atoms with Gasteiger partial charge in [0.2, 0.25) is 0 Å². The highest BCUT2D eigenvalue weighted by Gasteiger charge is 1.97. The van der Waals surface area contributed by atoms with Crippen molar-refractivity contribution in [1.82, 2.24) is 0 Å². The van der Waals surface area contributed by atoms with Crippen molar-refractivity contribution in [2.45, 2.75) is 9.79 Å². The van der Waals surface area contributed by atoms with Crippen molar-refractivity contribution in [1.29, 1.82) is 0 Å². The quantitative estimate of drug-likeness (QED) is 0.632. The maximum atomic E-state index is 8.04. The molecule has 18 heavy (non-hydrogen) atoms. The van der Waals surface area contributed by atoms with Gasteiger partial charge < -0.3 is 0 Å². The van der Waals surface area contributed by atoms with E-state index in [2.05, 4.69) is 0 Å². The van der Waals surface area contributed by atoms with E-state index in [1.807, 2.05) is 48.5 Å². The van der Waals surface area contributed by atoms with Gasteiger partial charge in [0.25, 0.3) is 0 Å². The van der Waals surface area contributed by atoms with Crippen LogP contribution in [0.15, 0.2) is 58.3 Å². The van der Waals surface area contributed by atoms with Gasteiger partial charge in [-0.2, -0.15) is 0 Å². The number of thioether (sulfide) groups is 2. The number of rotatable bonds is 5. The molecule has 94 valence electrons. The Kier molecular flexibility index (Phi) is 5.20. The van der Waals surface area contributed by atoms with Gasteiger partial charge in [-0.25, -0.2) is 0 Å². The third-order valence-corrected chi connectivity index (χ3v) is 4.70. The fourth-order valence-corrected chi connectivity index (χ4v) is 3.11. The monoisotopic (exact) mass is 315 g/mol. The summed E-state index contributed by atoms with van der Waals surface area (Å²) in [6, 6.07) is 15.3. The van der Waals surface area contributed by atoms with Crippen molar-refractivity contribution in [2.75, 3.05) is 11.5 Å². The summed E-state index contributed by atoms with van der Waals surface area (Å²) < 4.78 is 8.04. The standard InChI is InChI=1S/C14H12Cl2S2/c15-11-1-5-13(6-2-11)17-9-10-18-14-7-3-12(16)4-8-14/h1-8H,9-10H2/i9D. The summed E-state index contributed by atoms with van der Waals surface area (Å²) in [5, 5.41) is 1.46. The van der Waals surface area contributed by atoms with Crippen LogP contribution in [0.4, 0.5) is 0 Å². The van der Waals surface area contributed by atoms with E-state index in [0.717, 1.165) is 25.6 Å². The smallest absolute Gasteiger partial charge is 0.0406 e. The van der Waals surface area contributed by atoms with Crippen molar-refractivity contribution < 1.29 is 1.37 Å². The van der Waals surface area contributed by atoms with Gasteiger partial charge in [0.05, 0.1) is 0 Å². The Bertz CT molecular complexity index is 514. The molecule has 2 rings (SSSR count). The molecule has 1 unspecified atom stereocenters. The van der Waals surface area contributed by atoms with Crippen LogP contribution in [0, 0.1) is 0 Å². The van der Waals surface area contributed by atoms with Crippen LogP contribution in [0.3, 0.4) is 0 Å². The fraction of sp³-hybridized carbons (Fsp3) is 0.143. The third kappa shape index (κ3) is 4.77. The zero-order chi connectivity index (χ0) is 13.7. The summed E-state index contributed by atoms with van der Waals surface area (Å²) in [5.74, 6) is 0.731. The van der Waals surface area contributed by atoms with Gasteiger partial charge in [-0.1, -0.05) is 23.2 Å². The molecule has 0 bridgehead atoms. The maximum Gasteiger partial charge on any atom is 0.0406 e. The van der Waals surface area contributed by atoms with Crippen LogP contribution in [0.2, 0.25) is 10.0 Å². The lowest BCUT2D eigenvalue weighted by molar-refractivity contribution is 1.41. The van der Waals surface area contributed by atoms with E-state index < -0.39 is 0 Å². The van der Waals surface area contributed by atoms with Gasteiger partial charge >= 0.3 is 0 Å². The fourth-order valence-electron chi connectivity index (χ4n) is 1.30. The summed E-state index contributed by atoms with van der Waals surface area (Å²) in [6.07, 6.45) is 0. The summed E-state index contributed by atoms with van der Waals surface area (Å²) in [7, 11) is 0. The van der Waals surface area contributed by atoms with Gasteiger partial charge in [-0.15, -0.1) is 23.5 Å². The molecular formula is C14H12Cl2S2. The SMILES string of the molecule is [2H]C(CSc1ccc(Cl)cc1)Sc1ccc(Cl)cc1. The first kappa shape index (κ1) is 12.7. The van der Waals surface area contributed by atoms with E-state index in [9.17, 15) is 0 Å². The molecule has 4 heteroatoms. The molecule has 0 radical (unpaired) electrons. The predicted molar refractivity (Wildman–Crippen MR) is 84.4 cm³/mol. The van der Waals surface area contributed by atoms with Crippen molar-refractivity contribution in [3.63, 3.8) is 0 Å². The van der Waals surface area contributed by atoms with Gasteiger partial charge in [0.15, 0.2) is 0 Å². The minimum atomic E-state index is -0.207. The summed E-state index contributed by atoms with van der Waals surface area (Å²) in [5.41, 5.74) is -0.207. The maximum absolute atomic E-state index is 8.04. The van der Waals surface area contributed by atoms with E-state index in [4.69, 9.17) is 24.6 Å². The molecule has 2 aromatic carbocycles. The Morgan fingerprint density at radius 2 is 1.22 bits per heavy atom. The van der Waals surface area contributed by atoms with E-state index in [1.165, 1.54) is 11.8 Å². The van der Waals surface area contributed by atoms with Gasteiger partial charge in [-0.05, 0) is 48.5 Å². The van der Waals surface area contributed by atoms with Crippen LogP contribution in [0.5, 0.6) is 0 Å². The van der Waals surface area contributed by atoms with E-state index in [0.29, 0.717) is 0 Å². The number of hydrogen-bond acceptors (Lipinski definition) is 2. The molecule has 2 aromatic rings. The Hall–Kier alpha value is -0.280. The first-order valence-electron chi connectivity index (χ1n) is 5.94. The average Bonchev–Trinajstić information content (AvgIpc) is 2.41. The third-order valence-electron chi connectivity index (χ3n) is 2.16. The average molecular weight is 316 g/mol. The molecule has 0 amide bonds. The second-order valence-corrected chi connectivity index (χ2v) is 6.51. The lowest BCUT2D eigenvalue weighted by Crippen LogP contribution is -1.84. The topological polar surface area (TPSA) is 0 Å². The molecule has 0 aliphatic rings. The lowest BCUT2D eigenvalue weighted by Gasteiger charge is -2.02. The molecule has 0 aliphatic heterocycles. The van der Waals surface area contributed by atoms with Crippen LogP contribution >= 0.6 is 46.7 Å². The van der Waals surface area contributed by atoms with Crippen LogP contribution in [-0.2, 0) is 0 Å². The van der Waals surface area contributed by atoms with Crippen LogP contribution in [0.1, 0.15) is 1.37 Å². The normalized spacial score (nSPS) is 13.1. The molecule has 0 N–H and O–H groups in total. The van der Waals surface area contributed by atoms with E-state index in [-0.39, 0.29) is 5.73 Å². The zero-order valence-corrected chi connectivity index (χ0v) is 12.6. The Morgan fingerprint density at radius 3 is 1.72 bits per heavy atom. The lowest BCUT2D eigenvalue weighted by atomic mass is 10.4. The predicted octanol–water partition coefficient (Wildman–Crippen LogP) is 5.88. The van der Waals surface area contributed by atoms with Crippen molar-refractivity contribution in [2.24, 2.45) is 0 Å². The highest BCUT2D eigenvalue weighted by atomic mass is 35.5. The highest BCUT2D eigenvalue weighted by molar-refractivity contribution is 8.03. The summed E-state index contributed by atoms with van der Waals surface area (Å²) in [4.78, 5) is 2.21. The van der Waals surface area contributed by atoms with Gasteiger partial charge in [0.1, 0.15) is 0 Å². The number of hydrogen-bond donors (Lipinski definition) is 0. The molecule has 0 aromatic heterocycles. The van der Waals surface area contributed by atoms with Crippen LogP contribution < -0.4 is 0 Å². The molecule has 1 atom stereocenters. The second kappa shape index (κ2) is 7.34. The molecule has 0 spiro atoms. The molecule has 0 saturated carbocycles. The zero-order valence-electron chi connectivity index (χ0n) is 10.5. The van der Waals surface area contributed by atoms with Crippen molar-refractivity contribution >= 4 is 46.7 Å². The largest absolute Gasteiger partial charge is 0.125 e.